The highest BCUT2D eigenvalue weighted by molar-refractivity contribution is 5.79. The van der Waals surface area contributed by atoms with Gasteiger partial charge in [0.05, 0.1) is 11.4 Å². The fourth-order valence-electron chi connectivity index (χ4n) is 3.30. The minimum absolute atomic E-state index is 0.0106. The van der Waals surface area contributed by atoms with Crippen molar-refractivity contribution >= 4 is 11.4 Å². The van der Waals surface area contributed by atoms with Gasteiger partial charge in [-0.05, 0) is 18.9 Å². The van der Waals surface area contributed by atoms with E-state index in [1.165, 1.54) is 0 Å². The van der Waals surface area contributed by atoms with Crippen LogP contribution in [-0.2, 0) is 0 Å². The normalized spacial score (nSPS) is 9.44. The molecular weight excluding hydrogens is 396 g/mol. The minimum atomic E-state index is 0.0106. The van der Waals surface area contributed by atoms with Crippen molar-refractivity contribution in [1.82, 2.24) is 10.6 Å². The first-order valence-electron chi connectivity index (χ1n) is 11.3. The van der Waals surface area contributed by atoms with E-state index in [4.69, 9.17) is 0 Å². The zero-order chi connectivity index (χ0) is 23.6. The summed E-state index contributed by atoms with van der Waals surface area (Å²) < 4.78 is 0. The highest BCUT2D eigenvalue weighted by Crippen LogP contribution is 2.23. The van der Waals surface area contributed by atoms with E-state index in [9.17, 15) is 21.0 Å². The fraction of sp³-hybridized carbons (Fsp3) is 0.462. The summed E-state index contributed by atoms with van der Waals surface area (Å²) in [6.45, 7) is 5.61. The molecule has 32 heavy (non-hydrogen) atoms. The van der Waals surface area contributed by atoms with E-state index in [1.54, 1.807) is 6.07 Å². The summed E-state index contributed by atoms with van der Waals surface area (Å²) in [5, 5.41) is 44.3. The van der Waals surface area contributed by atoms with Gasteiger partial charge >= 0.3 is 0 Å². The third kappa shape index (κ3) is 8.55. The zero-order valence-corrected chi connectivity index (χ0v) is 19.2. The molecule has 0 heterocycles. The molecule has 0 fully saturated rings. The van der Waals surface area contributed by atoms with Gasteiger partial charge in [0.2, 0.25) is 0 Å². The van der Waals surface area contributed by atoms with Crippen LogP contribution < -0.4 is 10.6 Å². The lowest BCUT2D eigenvalue weighted by atomic mass is 10.0. The van der Waals surface area contributed by atoms with Crippen molar-refractivity contribution < 1.29 is 0 Å². The van der Waals surface area contributed by atoms with Crippen LogP contribution >= 0.6 is 0 Å². The molecule has 1 aromatic rings. The number of benzene rings is 1. The van der Waals surface area contributed by atoms with E-state index in [0.717, 1.165) is 51.4 Å². The molecule has 0 spiro atoms. The summed E-state index contributed by atoms with van der Waals surface area (Å²) >= 11 is 0. The molecule has 0 atom stereocenters. The van der Waals surface area contributed by atoms with E-state index in [1.807, 2.05) is 42.5 Å². The monoisotopic (exact) mass is 428 g/mol. The molecule has 166 valence electrons. The van der Waals surface area contributed by atoms with E-state index >= 15 is 0 Å². The highest BCUT2D eigenvalue weighted by atomic mass is 14.9. The predicted molar refractivity (Wildman–Crippen MR) is 127 cm³/mol. The number of rotatable bonds is 14. The third-order valence-electron chi connectivity index (χ3n) is 5.05. The first kappa shape index (κ1) is 26.3. The van der Waals surface area contributed by atoms with Crippen molar-refractivity contribution in [3.8, 4) is 24.3 Å². The maximum absolute atomic E-state index is 9.45. The average molecular weight is 429 g/mol. The summed E-state index contributed by atoms with van der Waals surface area (Å²) in [4.78, 5) is 0. The molecule has 0 bridgehead atoms. The molecule has 0 aliphatic carbocycles. The number of hydrogen-bond donors (Lipinski definition) is 2. The van der Waals surface area contributed by atoms with Crippen molar-refractivity contribution in [2.24, 2.45) is 0 Å². The Bertz CT molecular complexity index is 852. The molecule has 0 aliphatic heterocycles. The molecule has 0 saturated heterocycles. The van der Waals surface area contributed by atoms with Gasteiger partial charge in [-0.25, -0.2) is 0 Å². The predicted octanol–water partition coefficient (Wildman–Crippen LogP) is 5.54. The van der Waals surface area contributed by atoms with Gasteiger partial charge in [0.15, 0.2) is 11.1 Å². The lowest BCUT2D eigenvalue weighted by molar-refractivity contribution is 0.649. The SMILES string of the molecule is CCCCCCNC(=C(C#N)C#N)c1cccc(C(NCCCCCC)=C(C#N)C#N)c1. The van der Waals surface area contributed by atoms with Crippen LogP contribution in [0.3, 0.4) is 0 Å². The Morgan fingerprint density at radius 3 is 1.41 bits per heavy atom. The maximum atomic E-state index is 9.45. The zero-order valence-electron chi connectivity index (χ0n) is 19.2. The molecule has 0 unspecified atom stereocenters. The van der Waals surface area contributed by atoms with Crippen LogP contribution in [0.5, 0.6) is 0 Å². The summed E-state index contributed by atoms with van der Waals surface area (Å²) in [6, 6.07) is 15.2. The minimum Gasteiger partial charge on any atom is -0.383 e. The van der Waals surface area contributed by atoms with Crippen LogP contribution in [0.25, 0.3) is 11.4 Å². The fourth-order valence-corrected chi connectivity index (χ4v) is 3.30. The maximum Gasteiger partial charge on any atom is 0.153 e. The molecule has 0 radical (unpaired) electrons. The summed E-state index contributed by atoms with van der Waals surface area (Å²) in [5.74, 6) is 0. The van der Waals surface area contributed by atoms with Crippen molar-refractivity contribution in [3.05, 3.63) is 46.5 Å². The summed E-state index contributed by atoms with van der Waals surface area (Å²) in [6.07, 6.45) is 8.59. The average Bonchev–Trinajstić information content (AvgIpc) is 2.82. The van der Waals surface area contributed by atoms with E-state index in [-0.39, 0.29) is 11.1 Å². The number of allylic oxidation sites excluding steroid dienone is 2. The second-order valence-electron chi connectivity index (χ2n) is 7.50. The number of nitrogens with zero attached hydrogens (tertiary/aromatic N) is 4. The van der Waals surface area contributed by atoms with Gasteiger partial charge < -0.3 is 10.6 Å². The molecule has 0 aliphatic rings. The second-order valence-corrected chi connectivity index (χ2v) is 7.50. The third-order valence-corrected chi connectivity index (χ3v) is 5.05. The highest BCUT2D eigenvalue weighted by Gasteiger charge is 2.14. The van der Waals surface area contributed by atoms with Gasteiger partial charge in [0.1, 0.15) is 24.3 Å². The summed E-state index contributed by atoms with van der Waals surface area (Å²) in [5.41, 5.74) is 2.33. The molecular formula is C26H32N6. The largest absolute Gasteiger partial charge is 0.383 e. The van der Waals surface area contributed by atoms with Gasteiger partial charge in [-0.2, -0.15) is 21.0 Å². The quantitative estimate of drug-likeness (QED) is 0.296. The van der Waals surface area contributed by atoms with Gasteiger partial charge in [-0.1, -0.05) is 70.6 Å². The first-order chi connectivity index (χ1) is 15.7. The van der Waals surface area contributed by atoms with Crippen molar-refractivity contribution in [3.63, 3.8) is 0 Å². The Morgan fingerprint density at radius 2 is 1.06 bits per heavy atom. The van der Waals surface area contributed by atoms with Crippen LogP contribution in [0.2, 0.25) is 0 Å². The Balaban J connectivity index is 3.24. The molecule has 6 heteroatoms. The molecule has 1 rings (SSSR count). The summed E-state index contributed by atoms with van der Waals surface area (Å²) in [7, 11) is 0. The molecule has 0 amide bonds. The standard InChI is InChI=1S/C26H32N6/c1-3-5-7-9-14-31-25(23(17-27)18-28)21-12-11-13-22(16-21)26(24(19-29)20-30)32-15-10-8-6-4-2/h11-13,16,31-32H,3-10,14-15H2,1-2H3. The Hall–Kier alpha value is -3.74. The smallest absolute Gasteiger partial charge is 0.153 e. The van der Waals surface area contributed by atoms with Gasteiger partial charge in [-0.15, -0.1) is 0 Å². The Kier molecular flexibility index (Phi) is 13.2. The molecule has 0 saturated carbocycles. The number of nitriles is 4. The first-order valence-corrected chi connectivity index (χ1v) is 11.3. The van der Waals surface area contributed by atoms with Crippen molar-refractivity contribution in [2.45, 2.75) is 65.2 Å². The molecule has 2 N–H and O–H groups in total. The van der Waals surface area contributed by atoms with E-state index in [0.29, 0.717) is 35.6 Å². The topological polar surface area (TPSA) is 119 Å². The van der Waals surface area contributed by atoms with Gasteiger partial charge in [-0.3, -0.25) is 0 Å². The number of nitrogens with one attached hydrogen (secondary N) is 2. The van der Waals surface area contributed by atoms with Crippen LogP contribution in [-0.4, -0.2) is 13.1 Å². The van der Waals surface area contributed by atoms with E-state index < -0.39 is 0 Å². The Morgan fingerprint density at radius 1 is 0.656 bits per heavy atom. The Labute approximate surface area is 192 Å². The van der Waals surface area contributed by atoms with Crippen LogP contribution in [0.15, 0.2) is 35.4 Å². The number of unbranched alkanes of at least 4 members (excludes halogenated alkanes) is 6. The second kappa shape index (κ2) is 16.0. The van der Waals surface area contributed by atoms with Crippen molar-refractivity contribution in [1.29, 1.82) is 21.0 Å². The lowest BCUT2D eigenvalue weighted by Crippen LogP contribution is -2.17. The van der Waals surface area contributed by atoms with Gasteiger partial charge in [0, 0.05) is 24.2 Å². The molecule has 6 nitrogen and oxygen atoms in total. The van der Waals surface area contributed by atoms with E-state index in [2.05, 4.69) is 24.5 Å². The van der Waals surface area contributed by atoms with Crippen LogP contribution in [0, 0.1) is 45.3 Å². The van der Waals surface area contributed by atoms with Crippen molar-refractivity contribution in [2.75, 3.05) is 13.1 Å². The molecule has 0 aromatic heterocycles. The van der Waals surface area contributed by atoms with Crippen LogP contribution in [0.4, 0.5) is 0 Å². The lowest BCUT2D eigenvalue weighted by Gasteiger charge is -2.15. The number of hydrogen-bond acceptors (Lipinski definition) is 6. The van der Waals surface area contributed by atoms with Crippen LogP contribution in [0.1, 0.15) is 76.3 Å². The molecule has 1 aromatic carbocycles. The van der Waals surface area contributed by atoms with Gasteiger partial charge in [0.25, 0.3) is 0 Å².